The number of halogens is 3. The van der Waals surface area contributed by atoms with Gasteiger partial charge in [0.15, 0.2) is 5.78 Å². The van der Waals surface area contributed by atoms with Crippen LogP contribution in [0, 0.1) is 0 Å². The number of hydrogen-bond donors (Lipinski definition) is 1. The molecule has 1 N–H and O–H groups in total. The molecule has 0 fully saturated rings. The number of benzene rings is 2. The van der Waals surface area contributed by atoms with Crippen LogP contribution in [0.1, 0.15) is 36.4 Å². The van der Waals surface area contributed by atoms with Gasteiger partial charge < -0.3 is 5.32 Å². The maximum atomic E-state index is 12.9. The van der Waals surface area contributed by atoms with Gasteiger partial charge in [-0.2, -0.15) is 4.98 Å². The molecule has 1 aliphatic heterocycles. The van der Waals surface area contributed by atoms with Gasteiger partial charge in [-0.1, -0.05) is 70.8 Å². The van der Waals surface area contributed by atoms with Crippen molar-refractivity contribution >= 4 is 58.3 Å². The predicted molar refractivity (Wildman–Crippen MR) is 125 cm³/mol. The van der Waals surface area contributed by atoms with Crippen molar-refractivity contribution in [3.8, 4) is 0 Å². The molecule has 5 nitrogen and oxygen atoms in total. The van der Waals surface area contributed by atoms with E-state index in [1.54, 1.807) is 22.9 Å². The number of anilines is 1. The van der Waals surface area contributed by atoms with E-state index in [0.717, 1.165) is 24.1 Å². The van der Waals surface area contributed by atoms with Crippen molar-refractivity contribution in [3.63, 3.8) is 0 Å². The van der Waals surface area contributed by atoms with E-state index in [1.807, 2.05) is 24.3 Å². The van der Waals surface area contributed by atoms with Gasteiger partial charge >= 0.3 is 0 Å². The predicted octanol–water partition coefficient (Wildman–Crippen LogP) is 6.55. The lowest BCUT2D eigenvalue weighted by Crippen LogP contribution is -2.31. The molecule has 5 rings (SSSR count). The Kier molecular flexibility index (Phi) is 5.73. The van der Waals surface area contributed by atoms with Crippen molar-refractivity contribution in [3.05, 3.63) is 79.9 Å². The summed E-state index contributed by atoms with van der Waals surface area (Å²) in [5.41, 5.74) is 3.22. The average Bonchev–Trinajstić information content (AvgIpc) is 3.15. The molecule has 1 unspecified atom stereocenters. The summed E-state index contributed by atoms with van der Waals surface area (Å²) >= 11 is 20.9. The highest BCUT2D eigenvalue weighted by Gasteiger charge is 2.38. The van der Waals surface area contributed by atoms with Gasteiger partial charge in [-0.15, -0.1) is 5.10 Å². The fourth-order valence-electron chi connectivity index (χ4n) is 3.99. The third kappa shape index (κ3) is 3.87. The second kappa shape index (κ2) is 8.51. The van der Waals surface area contributed by atoms with Gasteiger partial charge in [0, 0.05) is 44.1 Å². The normalized spacial score (nSPS) is 17.9. The molecule has 0 radical (unpaired) electrons. The second-order valence-electron chi connectivity index (χ2n) is 7.37. The summed E-state index contributed by atoms with van der Waals surface area (Å²) in [6.07, 6.45) is 2.07. The number of carbonyl (C=O) groups excluding carboxylic acids is 1. The van der Waals surface area contributed by atoms with E-state index in [1.165, 1.54) is 11.8 Å². The molecular formula is C22H17Cl3N4OS. The fourth-order valence-corrected chi connectivity index (χ4v) is 5.71. The Morgan fingerprint density at radius 2 is 1.77 bits per heavy atom. The van der Waals surface area contributed by atoms with Crippen molar-refractivity contribution in [2.75, 3.05) is 5.32 Å². The summed E-state index contributed by atoms with van der Waals surface area (Å²) in [4.78, 5) is 17.6. The first-order valence-electron chi connectivity index (χ1n) is 9.83. The Labute approximate surface area is 198 Å². The molecule has 0 spiro atoms. The minimum Gasteiger partial charge on any atom is -0.328 e. The van der Waals surface area contributed by atoms with Crippen molar-refractivity contribution in [2.24, 2.45) is 0 Å². The zero-order valence-corrected chi connectivity index (χ0v) is 19.3. The number of aromatic nitrogens is 3. The fraction of sp³-hybridized carbons (Fsp3) is 0.227. The number of hydrogen-bond acceptors (Lipinski definition) is 5. The largest absolute Gasteiger partial charge is 0.328 e. The molecule has 9 heteroatoms. The van der Waals surface area contributed by atoms with E-state index in [2.05, 4.69) is 10.3 Å². The molecule has 31 heavy (non-hydrogen) atoms. The summed E-state index contributed by atoms with van der Waals surface area (Å²) in [6, 6.07) is 12.5. The van der Waals surface area contributed by atoms with Crippen LogP contribution in [0.2, 0.25) is 15.1 Å². The van der Waals surface area contributed by atoms with E-state index in [-0.39, 0.29) is 5.78 Å². The molecule has 0 bridgehead atoms. The van der Waals surface area contributed by atoms with Crippen LogP contribution < -0.4 is 5.32 Å². The number of nitrogens with zero attached hydrogens (tertiary/aromatic N) is 3. The third-order valence-corrected chi connectivity index (χ3v) is 7.35. The maximum absolute atomic E-state index is 12.9. The Morgan fingerprint density at radius 1 is 1.03 bits per heavy atom. The first-order valence-corrected chi connectivity index (χ1v) is 11.9. The van der Waals surface area contributed by atoms with E-state index >= 15 is 0 Å². The number of carbonyl (C=O) groups is 1. The number of thioether (sulfide) groups is 1. The molecule has 2 heterocycles. The summed E-state index contributed by atoms with van der Waals surface area (Å²) < 4.78 is 1.73. The van der Waals surface area contributed by atoms with Gasteiger partial charge in [-0.05, 0) is 36.6 Å². The lowest BCUT2D eigenvalue weighted by atomic mass is 9.85. The summed E-state index contributed by atoms with van der Waals surface area (Å²) in [5, 5.41) is 10.3. The van der Waals surface area contributed by atoms with Crippen LogP contribution in [0.15, 0.2) is 58.9 Å². The number of allylic oxidation sites excluding steroid dienone is 2. The molecule has 1 aliphatic carbocycles. The lowest BCUT2D eigenvalue weighted by Gasteiger charge is -2.32. The second-order valence-corrected chi connectivity index (χ2v) is 9.54. The molecule has 2 aromatic carbocycles. The third-order valence-electron chi connectivity index (χ3n) is 5.44. The smallest absolute Gasteiger partial charge is 0.227 e. The molecule has 0 amide bonds. The topological polar surface area (TPSA) is 59.8 Å². The number of nitrogens with one attached hydrogen (secondary N) is 1. The lowest BCUT2D eigenvalue weighted by molar-refractivity contribution is -0.116. The molecular weight excluding hydrogens is 475 g/mol. The molecule has 2 aliphatic rings. The van der Waals surface area contributed by atoms with E-state index < -0.39 is 6.04 Å². The quantitative estimate of drug-likeness (QED) is 0.419. The van der Waals surface area contributed by atoms with Crippen molar-refractivity contribution in [1.82, 2.24) is 14.8 Å². The number of ketones is 1. The Hall–Kier alpha value is -1.99. The zero-order chi connectivity index (χ0) is 21.5. The Bertz CT molecular complexity index is 1200. The molecule has 0 saturated carbocycles. The zero-order valence-electron chi connectivity index (χ0n) is 16.2. The van der Waals surface area contributed by atoms with Crippen LogP contribution >= 0.6 is 46.6 Å². The van der Waals surface area contributed by atoms with E-state index in [4.69, 9.17) is 39.9 Å². The van der Waals surface area contributed by atoms with Crippen LogP contribution in [0.5, 0.6) is 0 Å². The Balaban J connectivity index is 1.56. The van der Waals surface area contributed by atoms with Crippen molar-refractivity contribution in [1.29, 1.82) is 0 Å². The van der Waals surface area contributed by atoms with Crippen LogP contribution in [-0.4, -0.2) is 20.5 Å². The van der Waals surface area contributed by atoms with Crippen LogP contribution in [-0.2, 0) is 10.5 Å². The first kappa shape index (κ1) is 20.9. The average molecular weight is 492 g/mol. The molecule has 158 valence electrons. The van der Waals surface area contributed by atoms with Gasteiger partial charge in [0.1, 0.15) is 6.04 Å². The highest BCUT2D eigenvalue weighted by Crippen LogP contribution is 2.44. The molecule has 1 aromatic heterocycles. The van der Waals surface area contributed by atoms with Crippen molar-refractivity contribution in [2.45, 2.75) is 36.2 Å². The molecule has 3 aromatic rings. The van der Waals surface area contributed by atoms with Gasteiger partial charge in [0.25, 0.3) is 0 Å². The number of fused-ring (bicyclic) bond motifs is 1. The van der Waals surface area contributed by atoms with Gasteiger partial charge in [-0.3, -0.25) is 4.79 Å². The van der Waals surface area contributed by atoms with Crippen LogP contribution in [0.3, 0.4) is 0 Å². The van der Waals surface area contributed by atoms with Crippen molar-refractivity contribution < 1.29 is 4.79 Å². The van der Waals surface area contributed by atoms with Gasteiger partial charge in [0.05, 0.1) is 0 Å². The first-order chi connectivity index (χ1) is 15.0. The number of Topliss-reactive ketones (excluding diaryl/α,β-unsaturated/α-hetero) is 1. The minimum absolute atomic E-state index is 0.0844. The monoisotopic (exact) mass is 490 g/mol. The summed E-state index contributed by atoms with van der Waals surface area (Å²) in [6.45, 7) is 0. The Morgan fingerprint density at radius 3 is 2.55 bits per heavy atom. The highest BCUT2D eigenvalue weighted by molar-refractivity contribution is 7.98. The summed E-state index contributed by atoms with van der Waals surface area (Å²) in [5.74, 6) is 1.30. The standard InChI is InChI=1S/C22H17Cl3N4OS/c23-13-6-2-1-5-12(13)11-31-22-27-21-26-16-9-4-10-17(30)19(16)20(29(21)28-22)18-14(24)7-3-8-15(18)25/h1-3,5-8,20H,4,9-11H2,(H,26,27,28). The highest BCUT2D eigenvalue weighted by atomic mass is 35.5. The van der Waals surface area contributed by atoms with Crippen LogP contribution in [0.25, 0.3) is 0 Å². The van der Waals surface area contributed by atoms with E-state index in [9.17, 15) is 4.79 Å². The summed E-state index contributed by atoms with van der Waals surface area (Å²) in [7, 11) is 0. The SMILES string of the molecule is O=C1CCCC2=C1C(c1c(Cl)cccc1Cl)n1nc(SCc3ccccc3Cl)nc1N2. The van der Waals surface area contributed by atoms with Gasteiger partial charge in [-0.25, -0.2) is 4.68 Å². The van der Waals surface area contributed by atoms with Crippen LogP contribution in [0.4, 0.5) is 5.95 Å². The minimum atomic E-state index is -0.512. The molecule has 0 saturated heterocycles. The van der Waals surface area contributed by atoms with E-state index in [0.29, 0.717) is 49.5 Å². The molecule has 1 atom stereocenters. The number of rotatable bonds is 4. The maximum Gasteiger partial charge on any atom is 0.227 e. The van der Waals surface area contributed by atoms with Gasteiger partial charge in [0.2, 0.25) is 11.1 Å².